The van der Waals surface area contributed by atoms with Gasteiger partial charge in [-0.15, -0.1) is 0 Å². The summed E-state index contributed by atoms with van der Waals surface area (Å²) in [5.41, 5.74) is 7.45. The Morgan fingerprint density at radius 1 is 0.568 bits per heavy atom. The average molecular weight is 488 g/mol. The Balaban J connectivity index is 1.12. The van der Waals surface area contributed by atoms with Crippen molar-refractivity contribution < 1.29 is 9.47 Å². The monoisotopic (exact) mass is 487 g/mol. The molecule has 4 aromatic carbocycles. The molecule has 5 aromatic rings. The summed E-state index contributed by atoms with van der Waals surface area (Å²) in [5, 5.41) is 0. The first-order valence-corrected chi connectivity index (χ1v) is 12.9. The summed E-state index contributed by atoms with van der Waals surface area (Å²) in [6.07, 6.45) is 1.88. The Morgan fingerprint density at radius 3 is 1.86 bits per heavy atom. The highest BCUT2D eigenvalue weighted by molar-refractivity contribution is 5.62. The topological polar surface area (TPSA) is 23.4 Å². The van der Waals surface area contributed by atoms with Crippen LogP contribution in [-0.2, 0) is 19.6 Å². The number of aryl methyl sites for hydroxylation is 1. The van der Waals surface area contributed by atoms with E-state index in [1.807, 2.05) is 18.2 Å². The Morgan fingerprint density at radius 2 is 1.16 bits per heavy atom. The van der Waals surface area contributed by atoms with E-state index in [0.717, 1.165) is 30.9 Å². The Labute approximate surface area is 219 Å². The van der Waals surface area contributed by atoms with Crippen molar-refractivity contribution in [2.45, 2.75) is 32.9 Å². The van der Waals surface area contributed by atoms with Crippen LogP contribution in [0.4, 0.5) is 0 Å². The summed E-state index contributed by atoms with van der Waals surface area (Å²) in [5.74, 6) is 1.80. The van der Waals surface area contributed by atoms with Crippen LogP contribution in [0.2, 0.25) is 0 Å². The molecule has 1 aromatic heterocycles. The molecular weight excluding hydrogens is 454 g/mol. The third-order valence-electron chi connectivity index (χ3n) is 6.57. The maximum atomic E-state index is 6.04. The fraction of sp³-hybridized carbons (Fsp3) is 0.176. The molecule has 5 rings (SSSR count). The van der Waals surface area contributed by atoms with Gasteiger partial charge in [-0.2, -0.15) is 0 Å². The number of nitrogens with zero attached hydrogens (tertiary/aromatic N) is 1. The van der Waals surface area contributed by atoms with E-state index in [2.05, 4.69) is 115 Å². The summed E-state index contributed by atoms with van der Waals surface area (Å²) in [6, 6.07) is 42.0. The second kappa shape index (κ2) is 12.1. The molecule has 0 saturated heterocycles. The van der Waals surface area contributed by atoms with Crippen LogP contribution in [0.15, 0.2) is 121 Å². The molecule has 0 saturated carbocycles. The van der Waals surface area contributed by atoms with Crippen LogP contribution < -0.4 is 9.47 Å². The first-order chi connectivity index (χ1) is 18.2. The van der Waals surface area contributed by atoms with Gasteiger partial charge in [0, 0.05) is 17.9 Å². The molecule has 0 aliphatic carbocycles. The Bertz CT molecular complexity index is 1370. The standard InChI is InChI=1S/C34H33NO2/c1-27-13-22-34(31-16-20-33(21-17-31)37-26-30-11-6-3-7-12-30)35(27)23-8-24-36-32-18-14-29(15-19-32)25-28-9-4-2-5-10-28/h2-7,9-22H,8,23-26H2,1H3. The van der Waals surface area contributed by atoms with Gasteiger partial charge in [0.2, 0.25) is 0 Å². The third-order valence-corrected chi connectivity index (χ3v) is 6.57. The molecule has 0 aliphatic rings. The Kier molecular flexibility index (Phi) is 8.02. The molecular formula is C34H33NO2. The van der Waals surface area contributed by atoms with E-state index in [4.69, 9.17) is 9.47 Å². The van der Waals surface area contributed by atoms with E-state index in [1.54, 1.807) is 0 Å². The summed E-state index contributed by atoms with van der Waals surface area (Å²) >= 11 is 0. The van der Waals surface area contributed by atoms with Gasteiger partial charge in [-0.1, -0.05) is 72.8 Å². The molecule has 0 bridgehead atoms. The molecule has 186 valence electrons. The molecule has 0 aliphatic heterocycles. The molecule has 37 heavy (non-hydrogen) atoms. The van der Waals surface area contributed by atoms with Gasteiger partial charge in [0.1, 0.15) is 18.1 Å². The first-order valence-electron chi connectivity index (χ1n) is 12.9. The maximum absolute atomic E-state index is 6.04. The minimum absolute atomic E-state index is 0.575. The fourth-order valence-corrected chi connectivity index (χ4v) is 4.53. The first kappa shape index (κ1) is 24.5. The van der Waals surface area contributed by atoms with Crippen molar-refractivity contribution in [1.82, 2.24) is 4.57 Å². The molecule has 0 unspecified atom stereocenters. The van der Waals surface area contributed by atoms with Crippen molar-refractivity contribution in [3.8, 4) is 22.8 Å². The molecule has 1 heterocycles. The molecule has 0 N–H and O–H groups in total. The van der Waals surface area contributed by atoms with Crippen LogP contribution in [0.25, 0.3) is 11.3 Å². The van der Waals surface area contributed by atoms with Crippen molar-refractivity contribution in [2.75, 3.05) is 6.61 Å². The second-order valence-electron chi connectivity index (χ2n) is 9.32. The third kappa shape index (κ3) is 6.71. The largest absolute Gasteiger partial charge is 0.494 e. The maximum Gasteiger partial charge on any atom is 0.119 e. The highest BCUT2D eigenvalue weighted by atomic mass is 16.5. The van der Waals surface area contributed by atoms with E-state index in [9.17, 15) is 0 Å². The predicted molar refractivity (Wildman–Crippen MR) is 151 cm³/mol. The smallest absolute Gasteiger partial charge is 0.119 e. The number of ether oxygens (including phenoxy) is 2. The quantitative estimate of drug-likeness (QED) is 0.176. The second-order valence-corrected chi connectivity index (χ2v) is 9.32. The van der Waals surface area contributed by atoms with E-state index < -0.39 is 0 Å². The van der Waals surface area contributed by atoms with Gasteiger partial charge < -0.3 is 14.0 Å². The van der Waals surface area contributed by atoms with Gasteiger partial charge >= 0.3 is 0 Å². The van der Waals surface area contributed by atoms with Gasteiger partial charge in [-0.05, 0) is 90.6 Å². The molecule has 0 spiro atoms. The van der Waals surface area contributed by atoms with Gasteiger partial charge in [0.15, 0.2) is 0 Å². The van der Waals surface area contributed by atoms with Crippen LogP contribution >= 0.6 is 0 Å². The zero-order valence-electron chi connectivity index (χ0n) is 21.3. The van der Waals surface area contributed by atoms with E-state index in [-0.39, 0.29) is 0 Å². The SMILES string of the molecule is Cc1ccc(-c2ccc(OCc3ccccc3)cc2)n1CCCOc1ccc(Cc2ccccc2)cc1. The molecule has 0 amide bonds. The predicted octanol–water partition coefficient (Wildman–Crippen LogP) is 8.10. The Hall–Kier alpha value is -4.24. The van der Waals surface area contributed by atoms with Crippen LogP contribution in [0.1, 0.15) is 28.8 Å². The lowest BCUT2D eigenvalue weighted by atomic mass is 10.1. The fourth-order valence-electron chi connectivity index (χ4n) is 4.53. The molecule has 0 atom stereocenters. The van der Waals surface area contributed by atoms with Crippen LogP contribution in [-0.4, -0.2) is 11.2 Å². The van der Waals surface area contributed by atoms with E-state index >= 15 is 0 Å². The van der Waals surface area contributed by atoms with E-state index in [0.29, 0.717) is 13.2 Å². The van der Waals surface area contributed by atoms with Gasteiger partial charge in [0.05, 0.1) is 6.61 Å². The number of aromatic nitrogens is 1. The lowest BCUT2D eigenvalue weighted by molar-refractivity contribution is 0.301. The van der Waals surface area contributed by atoms with E-state index in [1.165, 1.54) is 33.6 Å². The summed E-state index contributed by atoms with van der Waals surface area (Å²) in [4.78, 5) is 0. The summed E-state index contributed by atoms with van der Waals surface area (Å²) in [7, 11) is 0. The lowest BCUT2D eigenvalue weighted by Gasteiger charge is -2.13. The molecule has 0 fully saturated rings. The molecule has 0 radical (unpaired) electrons. The van der Waals surface area contributed by atoms with Crippen molar-refractivity contribution in [3.05, 3.63) is 144 Å². The average Bonchev–Trinajstić information content (AvgIpc) is 3.32. The lowest BCUT2D eigenvalue weighted by Crippen LogP contribution is -2.07. The molecule has 3 nitrogen and oxygen atoms in total. The minimum Gasteiger partial charge on any atom is -0.494 e. The van der Waals surface area contributed by atoms with Crippen molar-refractivity contribution in [2.24, 2.45) is 0 Å². The zero-order chi connectivity index (χ0) is 25.3. The number of rotatable bonds is 11. The highest BCUT2D eigenvalue weighted by Gasteiger charge is 2.08. The van der Waals surface area contributed by atoms with Gasteiger partial charge in [0.25, 0.3) is 0 Å². The summed E-state index contributed by atoms with van der Waals surface area (Å²) < 4.78 is 14.4. The van der Waals surface area contributed by atoms with Gasteiger partial charge in [-0.25, -0.2) is 0 Å². The number of hydrogen-bond acceptors (Lipinski definition) is 2. The van der Waals surface area contributed by atoms with Crippen molar-refractivity contribution >= 4 is 0 Å². The van der Waals surface area contributed by atoms with Crippen LogP contribution in [0.5, 0.6) is 11.5 Å². The van der Waals surface area contributed by atoms with Gasteiger partial charge in [-0.3, -0.25) is 0 Å². The van der Waals surface area contributed by atoms with Crippen LogP contribution in [0, 0.1) is 6.92 Å². The van der Waals surface area contributed by atoms with Crippen molar-refractivity contribution in [1.29, 1.82) is 0 Å². The summed E-state index contributed by atoms with van der Waals surface area (Å²) in [6.45, 7) is 4.33. The van der Waals surface area contributed by atoms with Crippen LogP contribution in [0.3, 0.4) is 0 Å². The number of benzene rings is 4. The van der Waals surface area contributed by atoms with Crippen molar-refractivity contribution in [3.63, 3.8) is 0 Å². The highest BCUT2D eigenvalue weighted by Crippen LogP contribution is 2.26. The zero-order valence-corrected chi connectivity index (χ0v) is 21.3. The normalized spacial score (nSPS) is 10.8. The minimum atomic E-state index is 0.575. The molecule has 3 heteroatoms. The number of hydrogen-bond donors (Lipinski definition) is 0.